The first-order chi connectivity index (χ1) is 14.6. The van der Waals surface area contributed by atoms with Crippen molar-refractivity contribution in [3.8, 4) is 0 Å². The van der Waals surface area contributed by atoms with Gasteiger partial charge >= 0.3 is 6.18 Å². The van der Waals surface area contributed by atoms with Gasteiger partial charge in [0.15, 0.2) is 6.23 Å². The predicted octanol–water partition coefficient (Wildman–Crippen LogP) is 2.67. The number of aliphatic hydroxyl groups is 2. The van der Waals surface area contributed by atoms with Crippen molar-refractivity contribution in [1.29, 1.82) is 0 Å². The fourth-order valence-corrected chi connectivity index (χ4v) is 3.60. The van der Waals surface area contributed by atoms with Crippen LogP contribution in [-0.4, -0.2) is 38.8 Å². The van der Waals surface area contributed by atoms with E-state index in [0.29, 0.717) is 5.56 Å². The van der Waals surface area contributed by atoms with Crippen molar-refractivity contribution in [2.24, 2.45) is 0 Å². The summed E-state index contributed by atoms with van der Waals surface area (Å²) in [5, 5.41) is 24.4. The molecule has 2 aromatic rings. The molecule has 1 fully saturated rings. The maximum absolute atomic E-state index is 12.8. The summed E-state index contributed by atoms with van der Waals surface area (Å²) in [6.07, 6.45) is -3.92. The number of nitrogens with zero attached hydrogens (tertiary/aromatic N) is 2. The van der Waals surface area contributed by atoms with Crippen LogP contribution in [0.3, 0.4) is 0 Å². The van der Waals surface area contributed by atoms with E-state index in [-0.39, 0.29) is 35.9 Å². The Morgan fingerprint density at radius 2 is 2.00 bits per heavy atom. The van der Waals surface area contributed by atoms with Gasteiger partial charge in [0, 0.05) is 0 Å². The molecular formula is C20H27F3N4O4. The molecule has 0 aliphatic carbocycles. The molecule has 5 N–H and O–H groups in total. The number of hydroxylamine groups is 1. The molecule has 31 heavy (non-hydrogen) atoms. The quantitative estimate of drug-likeness (QED) is 0.366. The third-order valence-electron chi connectivity index (χ3n) is 5.36. The average Bonchev–Trinajstić information content (AvgIpc) is 3.29. The summed E-state index contributed by atoms with van der Waals surface area (Å²) >= 11 is 0. The number of hydrogen-bond donors (Lipinski definition) is 4. The summed E-state index contributed by atoms with van der Waals surface area (Å²) in [4.78, 5) is 5.33. The van der Waals surface area contributed by atoms with E-state index in [2.05, 4.69) is 10.6 Å². The Kier molecular flexibility index (Phi) is 7.22. The van der Waals surface area contributed by atoms with Gasteiger partial charge in [-0.05, 0) is 44.4 Å². The molecule has 4 atom stereocenters. The van der Waals surface area contributed by atoms with Crippen molar-refractivity contribution in [2.45, 2.75) is 63.9 Å². The topological polar surface area (TPSA) is 115 Å². The van der Waals surface area contributed by atoms with Crippen molar-refractivity contribution < 1.29 is 33.0 Å². The zero-order chi connectivity index (χ0) is 22.8. The van der Waals surface area contributed by atoms with Gasteiger partial charge in [-0.2, -0.15) is 23.8 Å². The number of aromatic nitrogens is 2. The second kappa shape index (κ2) is 9.53. The Morgan fingerprint density at radius 1 is 1.32 bits per heavy atom. The molecule has 172 valence electrons. The van der Waals surface area contributed by atoms with E-state index in [1.807, 2.05) is 6.92 Å². The minimum Gasteiger partial charge on any atom is -0.390 e. The van der Waals surface area contributed by atoms with Gasteiger partial charge < -0.3 is 20.7 Å². The van der Waals surface area contributed by atoms with Crippen LogP contribution >= 0.6 is 0 Å². The first-order valence-corrected chi connectivity index (χ1v) is 9.97. The van der Waals surface area contributed by atoms with Gasteiger partial charge in [0.2, 0.25) is 0 Å². The normalized spacial score (nSPS) is 21.4. The van der Waals surface area contributed by atoms with E-state index in [4.69, 9.17) is 15.3 Å². The van der Waals surface area contributed by atoms with Crippen LogP contribution in [0.1, 0.15) is 61.3 Å². The molecule has 1 aromatic heterocycles. The van der Waals surface area contributed by atoms with Crippen molar-refractivity contribution in [2.75, 3.05) is 12.3 Å². The minimum absolute atomic E-state index is 0.0609. The number of rotatable bonds is 8. The Bertz CT molecular complexity index is 873. The van der Waals surface area contributed by atoms with E-state index >= 15 is 0 Å². The fourth-order valence-electron chi connectivity index (χ4n) is 3.60. The zero-order valence-electron chi connectivity index (χ0n) is 17.3. The Morgan fingerprint density at radius 3 is 2.55 bits per heavy atom. The van der Waals surface area contributed by atoms with Crippen molar-refractivity contribution in [3.05, 3.63) is 46.6 Å². The van der Waals surface area contributed by atoms with E-state index in [1.54, 1.807) is 6.92 Å². The summed E-state index contributed by atoms with van der Waals surface area (Å²) in [7, 11) is 0. The van der Waals surface area contributed by atoms with Gasteiger partial charge in [-0.3, -0.25) is 4.84 Å². The number of nitrogens with one attached hydrogen (secondary N) is 1. The highest BCUT2D eigenvalue weighted by atomic mass is 19.4. The fraction of sp³-hybridized carbons (Fsp3) is 0.550. The maximum atomic E-state index is 12.8. The largest absolute Gasteiger partial charge is 0.416 e. The molecule has 2 heterocycles. The first kappa shape index (κ1) is 23.5. The minimum atomic E-state index is -4.43. The van der Waals surface area contributed by atoms with Crippen LogP contribution < -0.4 is 11.2 Å². The molecule has 0 bridgehead atoms. The molecule has 1 aromatic carbocycles. The van der Waals surface area contributed by atoms with Crippen LogP contribution in [0.25, 0.3) is 0 Å². The van der Waals surface area contributed by atoms with E-state index in [1.165, 1.54) is 16.8 Å². The molecule has 0 radical (unpaired) electrons. The second-order valence-electron chi connectivity index (χ2n) is 7.62. The Labute approximate surface area is 177 Å². The van der Waals surface area contributed by atoms with Gasteiger partial charge in [0.1, 0.15) is 5.82 Å². The van der Waals surface area contributed by atoms with E-state index in [9.17, 15) is 23.4 Å². The molecule has 3 rings (SSSR count). The number of halogens is 3. The van der Waals surface area contributed by atoms with Crippen LogP contribution in [0, 0.1) is 0 Å². The summed E-state index contributed by atoms with van der Waals surface area (Å²) in [5.41, 5.74) is 8.68. The van der Waals surface area contributed by atoms with Crippen LogP contribution in [0.5, 0.6) is 0 Å². The monoisotopic (exact) mass is 444 g/mol. The van der Waals surface area contributed by atoms with E-state index < -0.39 is 30.6 Å². The van der Waals surface area contributed by atoms with Crippen molar-refractivity contribution in [1.82, 2.24) is 15.3 Å². The molecular weight excluding hydrogens is 417 g/mol. The summed E-state index contributed by atoms with van der Waals surface area (Å²) in [5.74, 6) is 0.0609. The lowest BCUT2D eigenvalue weighted by atomic mass is 10.1. The lowest BCUT2D eigenvalue weighted by Gasteiger charge is -2.18. The van der Waals surface area contributed by atoms with Gasteiger partial charge in [0.05, 0.1) is 48.3 Å². The smallest absolute Gasteiger partial charge is 0.390 e. The molecule has 1 saturated heterocycles. The molecule has 0 amide bonds. The summed E-state index contributed by atoms with van der Waals surface area (Å²) < 4.78 is 45.4. The molecule has 11 heteroatoms. The molecule has 1 aliphatic rings. The zero-order valence-corrected chi connectivity index (χ0v) is 17.3. The van der Waals surface area contributed by atoms with Crippen LogP contribution in [-0.2, 0) is 22.4 Å². The highest BCUT2D eigenvalue weighted by Crippen LogP contribution is 2.32. The van der Waals surface area contributed by atoms with Crippen LogP contribution in [0.2, 0.25) is 0 Å². The third-order valence-corrected chi connectivity index (χ3v) is 5.36. The molecule has 0 saturated carbocycles. The maximum Gasteiger partial charge on any atom is 0.416 e. The molecule has 1 aliphatic heterocycles. The molecule has 0 spiro atoms. The third kappa shape index (κ3) is 5.36. The average molecular weight is 444 g/mol. The van der Waals surface area contributed by atoms with Crippen molar-refractivity contribution >= 4 is 5.82 Å². The van der Waals surface area contributed by atoms with Gasteiger partial charge in [-0.15, -0.1) is 0 Å². The highest BCUT2D eigenvalue weighted by Gasteiger charge is 2.31. The van der Waals surface area contributed by atoms with Crippen molar-refractivity contribution in [3.63, 3.8) is 0 Å². The SMILES string of the molecule is CC1CCC(CONC(O)c2c(CO)nn(C(C)c3ccc(C(F)(F)F)cc3)c2N)O1. The van der Waals surface area contributed by atoms with Crippen LogP contribution in [0.4, 0.5) is 19.0 Å². The first-order valence-electron chi connectivity index (χ1n) is 9.97. The summed E-state index contributed by atoms with van der Waals surface area (Å²) in [6.45, 7) is 3.41. The predicted molar refractivity (Wildman–Crippen MR) is 105 cm³/mol. The standard InChI is InChI=1S/C20H27F3N4O4/c1-11-3-8-15(31-11)10-30-26-19(29)17-16(9-28)25-27(18(17)24)12(2)13-4-6-14(7-5-13)20(21,22)23/h4-7,11-12,15,19,26,28-29H,3,8-10,24H2,1-2H3. The van der Waals surface area contributed by atoms with Gasteiger partial charge in [0.25, 0.3) is 0 Å². The van der Waals surface area contributed by atoms with E-state index in [0.717, 1.165) is 25.0 Å². The number of alkyl halides is 3. The second-order valence-corrected chi connectivity index (χ2v) is 7.62. The van der Waals surface area contributed by atoms with Crippen LogP contribution in [0.15, 0.2) is 24.3 Å². The Hall–Kier alpha value is -2.18. The lowest BCUT2D eigenvalue weighted by Crippen LogP contribution is -2.27. The lowest BCUT2D eigenvalue weighted by molar-refractivity contribution is -0.137. The number of nitrogen functional groups attached to an aromatic ring is 1. The number of anilines is 1. The number of aliphatic hydroxyl groups excluding tert-OH is 2. The summed E-state index contributed by atoms with van der Waals surface area (Å²) in [6, 6.07) is 4.11. The number of benzene rings is 1. The number of nitrogens with two attached hydrogens (primary N) is 1. The highest BCUT2D eigenvalue weighted by molar-refractivity contribution is 5.46. The van der Waals surface area contributed by atoms with Gasteiger partial charge in [-0.25, -0.2) is 4.68 Å². The number of ether oxygens (including phenoxy) is 1. The number of hydrogen-bond acceptors (Lipinski definition) is 7. The molecule has 8 nitrogen and oxygen atoms in total. The Balaban J connectivity index is 1.72. The molecule has 4 unspecified atom stereocenters. The van der Waals surface area contributed by atoms with Gasteiger partial charge in [-0.1, -0.05) is 12.1 Å².